The summed E-state index contributed by atoms with van der Waals surface area (Å²) in [6.45, 7) is 1.41. The van der Waals surface area contributed by atoms with Gasteiger partial charge in [0.15, 0.2) is 0 Å². The highest BCUT2D eigenvalue weighted by atomic mass is 32.3. The van der Waals surface area contributed by atoms with E-state index in [2.05, 4.69) is 5.32 Å². The van der Waals surface area contributed by atoms with Crippen molar-refractivity contribution in [3.8, 4) is 0 Å². The van der Waals surface area contributed by atoms with E-state index in [9.17, 15) is 27.2 Å². The third-order valence-electron chi connectivity index (χ3n) is 3.24. The van der Waals surface area contributed by atoms with Gasteiger partial charge in [0.05, 0.1) is 4.92 Å². The molecule has 25 heavy (non-hydrogen) atoms. The van der Waals surface area contributed by atoms with Gasteiger partial charge < -0.3 is 5.32 Å². The lowest BCUT2D eigenvalue weighted by molar-refractivity contribution is -0.384. The number of nitrogens with one attached hydrogen (secondary N) is 1. The minimum absolute atomic E-state index is 0.0556. The van der Waals surface area contributed by atoms with Crippen LogP contribution in [0, 0.1) is 17.0 Å². The van der Waals surface area contributed by atoms with E-state index in [-0.39, 0.29) is 11.3 Å². The number of anilines is 1. The Morgan fingerprint density at radius 1 is 1.20 bits per heavy atom. The lowest BCUT2D eigenvalue weighted by Gasteiger charge is -2.06. The minimum atomic E-state index is -4.81. The molecule has 0 heterocycles. The van der Waals surface area contributed by atoms with Crippen LogP contribution in [0.5, 0.6) is 0 Å². The topological polar surface area (TPSA) is 106 Å². The quantitative estimate of drug-likeness (QED) is 0.379. The van der Waals surface area contributed by atoms with Crippen molar-refractivity contribution >= 4 is 33.6 Å². The highest BCUT2D eigenvalue weighted by molar-refractivity contribution is 7.86. The van der Waals surface area contributed by atoms with Crippen LogP contribution in [0.2, 0.25) is 0 Å². The first-order valence-corrected chi connectivity index (χ1v) is 8.34. The van der Waals surface area contributed by atoms with Gasteiger partial charge in [-0.05, 0) is 54.5 Å². The van der Waals surface area contributed by atoms with E-state index < -0.39 is 25.9 Å². The number of hydrogen-bond acceptors (Lipinski definition) is 5. The molecule has 1 N–H and O–H groups in total. The Kier molecular flexibility index (Phi) is 5.28. The van der Waals surface area contributed by atoms with Crippen LogP contribution in [-0.2, 0) is 15.0 Å². The second-order valence-electron chi connectivity index (χ2n) is 5.09. The van der Waals surface area contributed by atoms with E-state index in [0.717, 1.165) is 6.07 Å². The number of carbonyl (C=O) groups excluding carboxylic acids is 1. The number of benzene rings is 2. The van der Waals surface area contributed by atoms with Crippen LogP contribution >= 0.6 is 0 Å². The van der Waals surface area contributed by atoms with Crippen molar-refractivity contribution in [2.45, 2.75) is 11.8 Å². The van der Waals surface area contributed by atoms with E-state index >= 15 is 0 Å². The highest BCUT2D eigenvalue weighted by Gasteiger charge is 2.15. The molecule has 7 nitrogen and oxygen atoms in total. The van der Waals surface area contributed by atoms with Crippen LogP contribution in [0.1, 0.15) is 11.1 Å². The zero-order valence-electron chi connectivity index (χ0n) is 13.0. The van der Waals surface area contributed by atoms with Gasteiger partial charge >= 0.3 is 10.2 Å². The van der Waals surface area contributed by atoms with E-state index in [0.29, 0.717) is 11.3 Å². The van der Waals surface area contributed by atoms with Gasteiger partial charge in [0.25, 0.3) is 5.69 Å². The van der Waals surface area contributed by atoms with Crippen LogP contribution in [0.3, 0.4) is 0 Å². The minimum Gasteiger partial charge on any atom is -0.323 e. The number of halogens is 1. The average Bonchev–Trinajstić information content (AvgIpc) is 2.52. The van der Waals surface area contributed by atoms with Crippen molar-refractivity contribution in [3.63, 3.8) is 0 Å². The molecule has 0 radical (unpaired) electrons. The summed E-state index contributed by atoms with van der Waals surface area (Å²) in [6.07, 6.45) is 2.68. The van der Waals surface area contributed by atoms with Crippen LogP contribution in [0.4, 0.5) is 15.3 Å². The second-order valence-corrected chi connectivity index (χ2v) is 6.40. The molecule has 0 bridgehead atoms. The number of nitro benzene ring substituents is 1. The molecule has 0 aromatic heterocycles. The van der Waals surface area contributed by atoms with Crippen molar-refractivity contribution in [3.05, 3.63) is 69.8 Å². The van der Waals surface area contributed by atoms with Gasteiger partial charge in [0, 0.05) is 23.9 Å². The van der Waals surface area contributed by atoms with Gasteiger partial charge in [-0.3, -0.25) is 14.9 Å². The second kappa shape index (κ2) is 7.22. The maximum Gasteiger partial charge on any atom is 0.332 e. The van der Waals surface area contributed by atoms with Crippen LogP contribution in [-0.4, -0.2) is 19.2 Å². The highest BCUT2D eigenvalue weighted by Crippen LogP contribution is 2.21. The average molecular weight is 364 g/mol. The predicted octanol–water partition coefficient (Wildman–Crippen LogP) is 3.21. The van der Waals surface area contributed by atoms with E-state index in [1.807, 2.05) is 0 Å². The Bertz CT molecular complexity index is 953. The molecule has 2 rings (SSSR count). The predicted molar refractivity (Wildman–Crippen MR) is 90.2 cm³/mol. The van der Waals surface area contributed by atoms with Gasteiger partial charge in [-0.2, -0.15) is 8.42 Å². The largest absolute Gasteiger partial charge is 0.332 e. The number of rotatable bonds is 5. The molecular weight excluding hydrogens is 351 g/mol. The van der Waals surface area contributed by atoms with Gasteiger partial charge in [0.1, 0.15) is 4.90 Å². The number of hydrogen-bond donors (Lipinski definition) is 1. The van der Waals surface area contributed by atoms with Crippen molar-refractivity contribution in [2.75, 3.05) is 5.32 Å². The molecule has 0 aliphatic heterocycles. The first kappa shape index (κ1) is 18.3. The Labute approximate surface area is 143 Å². The fraction of sp³-hybridized carbons (Fsp3) is 0.0625. The molecule has 0 spiro atoms. The van der Waals surface area contributed by atoms with Crippen molar-refractivity contribution in [2.24, 2.45) is 0 Å². The summed E-state index contributed by atoms with van der Waals surface area (Å²) < 4.78 is 34.8. The molecule has 0 saturated heterocycles. The van der Waals surface area contributed by atoms with Gasteiger partial charge in [-0.1, -0.05) is 0 Å². The fourth-order valence-corrected chi connectivity index (χ4v) is 2.74. The summed E-state index contributed by atoms with van der Waals surface area (Å²) in [5, 5.41) is 13.1. The molecule has 0 unspecified atom stereocenters. The molecule has 0 aliphatic carbocycles. The normalized spacial score (nSPS) is 11.4. The van der Waals surface area contributed by atoms with Crippen LogP contribution < -0.4 is 5.32 Å². The lowest BCUT2D eigenvalue weighted by Crippen LogP contribution is -2.08. The standard InChI is InChI=1S/C16H13FN2O5S/c1-11-10-13(5-8-15(11)25(17,23)24)18-16(20)9-4-12-2-6-14(7-3-12)19(21)22/h2-10H,1H3,(H,18,20). The maximum atomic E-state index is 13.0. The molecule has 0 fully saturated rings. The third kappa shape index (κ3) is 4.95. The van der Waals surface area contributed by atoms with Crippen molar-refractivity contribution in [1.82, 2.24) is 0 Å². The van der Waals surface area contributed by atoms with Gasteiger partial charge in [0.2, 0.25) is 5.91 Å². The number of non-ortho nitro benzene ring substituents is 1. The smallest absolute Gasteiger partial charge is 0.323 e. The SMILES string of the molecule is Cc1cc(NC(=O)C=Cc2ccc([N+](=O)[O-])cc2)ccc1S(=O)(=O)F. The first-order chi connectivity index (χ1) is 11.7. The molecule has 2 aromatic rings. The summed E-state index contributed by atoms with van der Waals surface area (Å²) >= 11 is 0. The Morgan fingerprint density at radius 2 is 1.84 bits per heavy atom. The third-order valence-corrected chi connectivity index (χ3v) is 4.22. The number of nitrogens with zero attached hydrogens (tertiary/aromatic N) is 1. The molecule has 0 atom stereocenters. The van der Waals surface area contributed by atoms with Gasteiger partial charge in [-0.25, -0.2) is 0 Å². The Morgan fingerprint density at radius 3 is 2.36 bits per heavy atom. The molecule has 1 amide bonds. The van der Waals surface area contributed by atoms with Crippen LogP contribution in [0.15, 0.2) is 53.4 Å². The maximum absolute atomic E-state index is 13.0. The van der Waals surface area contributed by atoms with E-state index in [1.165, 1.54) is 55.5 Å². The number of amides is 1. The number of nitro groups is 1. The Hall–Kier alpha value is -3.07. The van der Waals surface area contributed by atoms with Gasteiger partial charge in [-0.15, -0.1) is 3.89 Å². The molecule has 130 valence electrons. The molecule has 0 saturated carbocycles. The van der Waals surface area contributed by atoms with E-state index in [4.69, 9.17) is 0 Å². The van der Waals surface area contributed by atoms with E-state index in [1.54, 1.807) is 0 Å². The molecule has 0 aliphatic rings. The Balaban J connectivity index is 2.07. The molecule has 2 aromatic carbocycles. The summed E-state index contributed by atoms with van der Waals surface area (Å²) in [7, 11) is -4.81. The van der Waals surface area contributed by atoms with Crippen LogP contribution in [0.25, 0.3) is 6.08 Å². The van der Waals surface area contributed by atoms with Crippen molar-refractivity contribution < 1.29 is 22.0 Å². The zero-order chi connectivity index (χ0) is 18.6. The number of carbonyl (C=O) groups is 1. The number of aryl methyl sites for hydroxylation is 1. The monoisotopic (exact) mass is 364 g/mol. The first-order valence-electron chi connectivity index (χ1n) is 6.95. The fourth-order valence-electron chi connectivity index (χ4n) is 2.06. The lowest BCUT2D eigenvalue weighted by atomic mass is 10.2. The summed E-state index contributed by atoms with van der Waals surface area (Å²) in [4.78, 5) is 21.4. The summed E-state index contributed by atoms with van der Waals surface area (Å²) in [5.41, 5.74) is 1.01. The summed E-state index contributed by atoms with van der Waals surface area (Å²) in [6, 6.07) is 9.30. The van der Waals surface area contributed by atoms with Crippen molar-refractivity contribution in [1.29, 1.82) is 0 Å². The molecular formula is C16H13FN2O5S. The zero-order valence-corrected chi connectivity index (χ0v) is 13.8. The molecule has 9 heteroatoms. The summed E-state index contributed by atoms with van der Waals surface area (Å²) in [5.74, 6) is -0.492.